The van der Waals surface area contributed by atoms with Crippen LogP contribution in [0.4, 0.5) is 0 Å². The van der Waals surface area contributed by atoms with Crippen LogP contribution in [0.3, 0.4) is 0 Å². The van der Waals surface area contributed by atoms with Crippen LogP contribution >= 0.6 is 27.3 Å². The van der Waals surface area contributed by atoms with Crippen molar-refractivity contribution in [3.05, 3.63) is 63.3 Å². The Morgan fingerprint density at radius 3 is 2.56 bits per heavy atom. The Bertz CT molecular complexity index is 934. The van der Waals surface area contributed by atoms with Crippen molar-refractivity contribution in [2.75, 3.05) is 0 Å². The molecule has 0 fully saturated rings. The highest BCUT2D eigenvalue weighted by Gasteiger charge is 2.15. The summed E-state index contributed by atoms with van der Waals surface area (Å²) in [4.78, 5) is 29.9. The summed E-state index contributed by atoms with van der Waals surface area (Å²) in [6, 6.07) is 9.10. The monoisotopic (exact) mass is 418 g/mol. The van der Waals surface area contributed by atoms with Crippen LogP contribution in [-0.4, -0.2) is 21.4 Å². The largest absolute Gasteiger partial charge is 0.345 e. The van der Waals surface area contributed by atoms with Gasteiger partial charge in [-0.3, -0.25) is 25.4 Å². The third-order valence-electron chi connectivity index (χ3n) is 3.60. The second kappa shape index (κ2) is 7.20. The SMILES string of the molecule is Cc1nc(-c2cccs2)ccc1C(=O)NNC(=O)c1cc(Br)cn1C. The van der Waals surface area contributed by atoms with Crippen molar-refractivity contribution in [3.63, 3.8) is 0 Å². The number of carbonyl (C=O) groups excluding carboxylic acids is 2. The highest BCUT2D eigenvalue weighted by Crippen LogP contribution is 2.23. The first kappa shape index (κ1) is 17.4. The van der Waals surface area contributed by atoms with Gasteiger partial charge in [-0.25, -0.2) is 0 Å². The van der Waals surface area contributed by atoms with Gasteiger partial charge in [0.25, 0.3) is 11.8 Å². The van der Waals surface area contributed by atoms with Crippen LogP contribution in [0.1, 0.15) is 26.5 Å². The molecule has 0 aliphatic carbocycles. The third kappa shape index (κ3) is 3.80. The number of carbonyl (C=O) groups is 2. The van der Waals surface area contributed by atoms with Crippen LogP contribution in [0.5, 0.6) is 0 Å². The first-order valence-electron chi connectivity index (χ1n) is 7.40. The van der Waals surface area contributed by atoms with E-state index in [0.717, 1.165) is 15.0 Å². The number of amides is 2. The zero-order valence-corrected chi connectivity index (χ0v) is 15.9. The predicted molar refractivity (Wildman–Crippen MR) is 100 cm³/mol. The number of hydrogen-bond acceptors (Lipinski definition) is 4. The van der Waals surface area contributed by atoms with Gasteiger partial charge in [-0.1, -0.05) is 6.07 Å². The fourth-order valence-corrected chi connectivity index (χ4v) is 3.58. The van der Waals surface area contributed by atoms with Crippen LogP contribution in [0.25, 0.3) is 10.6 Å². The van der Waals surface area contributed by atoms with Crippen molar-refractivity contribution in [1.29, 1.82) is 0 Å². The molecule has 0 aliphatic rings. The van der Waals surface area contributed by atoms with Gasteiger partial charge in [0.05, 0.1) is 21.8 Å². The van der Waals surface area contributed by atoms with Gasteiger partial charge in [0, 0.05) is 17.7 Å². The third-order valence-corrected chi connectivity index (χ3v) is 4.92. The lowest BCUT2D eigenvalue weighted by atomic mass is 10.1. The van der Waals surface area contributed by atoms with Gasteiger partial charge >= 0.3 is 0 Å². The summed E-state index contributed by atoms with van der Waals surface area (Å²) in [6.45, 7) is 1.77. The molecule has 3 aromatic heterocycles. The maximum Gasteiger partial charge on any atom is 0.286 e. The molecule has 6 nitrogen and oxygen atoms in total. The summed E-state index contributed by atoms with van der Waals surface area (Å²) in [5.74, 6) is -0.813. The Kier molecular flexibility index (Phi) is 5.00. The van der Waals surface area contributed by atoms with Gasteiger partial charge in [0.2, 0.25) is 0 Å². The Hall–Kier alpha value is -2.45. The van der Waals surface area contributed by atoms with Crippen LogP contribution in [0.15, 0.2) is 46.4 Å². The zero-order valence-electron chi connectivity index (χ0n) is 13.5. The minimum atomic E-state index is -0.413. The molecule has 128 valence electrons. The maximum atomic E-state index is 12.3. The second-order valence-corrected chi connectivity index (χ2v) is 7.23. The van der Waals surface area contributed by atoms with E-state index in [2.05, 4.69) is 31.8 Å². The number of aromatic nitrogens is 2. The number of thiophene rings is 1. The van der Waals surface area contributed by atoms with E-state index in [1.807, 2.05) is 17.5 Å². The molecule has 0 radical (unpaired) electrons. The molecule has 0 saturated carbocycles. The molecule has 25 heavy (non-hydrogen) atoms. The molecule has 3 rings (SSSR count). The number of nitrogens with one attached hydrogen (secondary N) is 2. The summed E-state index contributed by atoms with van der Waals surface area (Å²) < 4.78 is 2.45. The number of halogens is 1. The molecule has 2 amide bonds. The molecule has 0 atom stereocenters. The Labute approximate surface area is 157 Å². The quantitative estimate of drug-likeness (QED) is 0.640. The molecular formula is C17H15BrN4O2S. The number of nitrogens with zero attached hydrogens (tertiary/aromatic N) is 2. The summed E-state index contributed by atoms with van der Waals surface area (Å²) in [6.07, 6.45) is 1.76. The molecule has 0 aliphatic heterocycles. The van der Waals surface area contributed by atoms with Gasteiger partial charge in [0.15, 0.2) is 0 Å². The van der Waals surface area contributed by atoms with Gasteiger partial charge in [-0.2, -0.15) is 0 Å². The fraction of sp³-hybridized carbons (Fsp3) is 0.118. The van der Waals surface area contributed by atoms with Crippen LogP contribution in [0, 0.1) is 6.92 Å². The maximum absolute atomic E-state index is 12.3. The van der Waals surface area contributed by atoms with Gasteiger partial charge < -0.3 is 4.57 Å². The highest BCUT2D eigenvalue weighted by atomic mass is 79.9. The Morgan fingerprint density at radius 2 is 1.96 bits per heavy atom. The lowest BCUT2D eigenvalue weighted by Crippen LogP contribution is -2.42. The lowest BCUT2D eigenvalue weighted by Gasteiger charge is -2.10. The first-order valence-corrected chi connectivity index (χ1v) is 9.07. The van der Waals surface area contributed by atoms with E-state index in [4.69, 9.17) is 0 Å². The van der Waals surface area contributed by atoms with E-state index in [9.17, 15) is 9.59 Å². The number of aryl methyl sites for hydroxylation is 2. The molecule has 0 unspecified atom stereocenters. The molecule has 0 bridgehead atoms. The lowest BCUT2D eigenvalue weighted by molar-refractivity contribution is 0.0841. The van der Waals surface area contributed by atoms with Crippen molar-refractivity contribution in [1.82, 2.24) is 20.4 Å². The average Bonchev–Trinajstić information content (AvgIpc) is 3.21. The number of rotatable bonds is 3. The van der Waals surface area contributed by atoms with Crippen molar-refractivity contribution in [3.8, 4) is 10.6 Å². The molecule has 0 spiro atoms. The summed E-state index contributed by atoms with van der Waals surface area (Å²) in [5.41, 5.74) is 7.09. The molecule has 2 N–H and O–H groups in total. The molecule has 3 heterocycles. The number of hydrogen-bond donors (Lipinski definition) is 2. The second-order valence-electron chi connectivity index (χ2n) is 5.37. The summed E-state index contributed by atoms with van der Waals surface area (Å²) in [7, 11) is 1.75. The van der Waals surface area contributed by atoms with Gasteiger partial charge in [-0.05, 0) is 52.5 Å². The van der Waals surface area contributed by atoms with E-state index in [-0.39, 0.29) is 0 Å². The average molecular weight is 419 g/mol. The fourth-order valence-electron chi connectivity index (χ4n) is 2.36. The highest BCUT2D eigenvalue weighted by molar-refractivity contribution is 9.10. The van der Waals surface area contributed by atoms with Crippen molar-refractivity contribution in [2.24, 2.45) is 7.05 Å². The van der Waals surface area contributed by atoms with Crippen molar-refractivity contribution < 1.29 is 9.59 Å². The Balaban J connectivity index is 1.69. The van der Waals surface area contributed by atoms with E-state index in [1.54, 1.807) is 54.3 Å². The van der Waals surface area contributed by atoms with Crippen LogP contribution < -0.4 is 10.9 Å². The number of pyridine rings is 1. The van der Waals surface area contributed by atoms with E-state index in [1.165, 1.54) is 0 Å². The standard InChI is InChI=1S/C17H15BrN4O2S/c1-10-12(5-6-13(19-10)15-4-3-7-25-15)16(23)20-21-17(24)14-8-11(18)9-22(14)2/h3-9H,1-2H3,(H,20,23)(H,21,24). The summed E-state index contributed by atoms with van der Waals surface area (Å²) >= 11 is 4.89. The Morgan fingerprint density at radius 1 is 1.20 bits per heavy atom. The molecular weight excluding hydrogens is 404 g/mol. The zero-order chi connectivity index (χ0) is 18.0. The molecule has 0 saturated heterocycles. The smallest absolute Gasteiger partial charge is 0.286 e. The number of hydrazine groups is 1. The summed E-state index contributed by atoms with van der Waals surface area (Å²) in [5, 5.41) is 1.98. The van der Waals surface area contributed by atoms with Crippen LogP contribution in [0.2, 0.25) is 0 Å². The molecule has 3 aromatic rings. The first-order chi connectivity index (χ1) is 12.0. The normalized spacial score (nSPS) is 10.5. The van der Waals surface area contributed by atoms with E-state index < -0.39 is 11.8 Å². The minimum Gasteiger partial charge on any atom is -0.345 e. The molecule has 0 aromatic carbocycles. The minimum absolute atomic E-state index is 0.401. The topological polar surface area (TPSA) is 76.0 Å². The van der Waals surface area contributed by atoms with Crippen molar-refractivity contribution >= 4 is 39.1 Å². The molecule has 8 heteroatoms. The van der Waals surface area contributed by atoms with E-state index in [0.29, 0.717) is 17.0 Å². The predicted octanol–water partition coefficient (Wildman–Crippen LogP) is 3.29. The van der Waals surface area contributed by atoms with Crippen LogP contribution in [-0.2, 0) is 7.05 Å². The van der Waals surface area contributed by atoms with Crippen molar-refractivity contribution in [2.45, 2.75) is 6.92 Å². The van der Waals surface area contributed by atoms with Gasteiger partial charge in [0.1, 0.15) is 5.69 Å². The van der Waals surface area contributed by atoms with Gasteiger partial charge in [-0.15, -0.1) is 11.3 Å². The van der Waals surface area contributed by atoms with E-state index >= 15 is 0 Å².